The Hall–Kier alpha value is -3.07. The predicted octanol–water partition coefficient (Wildman–Crippen LogP) is 2.64. The predicted molar refractivity (Wildman–Crippen MR) is 130 cm³/mol. The minimum absolute atomic E-state index is 0.0380. The normalized spacial score (nSPS) is 19.5. The van der Waals surface area contributed by atoms with E-state index >= 15 is 0 Å². The molecule has 0 spiro atoms. The van der Waals surface area contributed by atoms with Crippen LogP contribution in [0.15, 0.2) is 35.5 Å². The molecule has 1 aromatic carbocycles. The highest BCUT2D eigenvalue weighted by Gasteiger charge is 2.38. The Bertz CT molecular complexity index is 932. The van der Waals surface area contributed by atoms with Gasteiger partial charge in [0.15, 0.2) is 0 Å². The van der Waals surface area contributed by atoms with E-state index in [1.807, 2.05) is 43.0 Å². The van der Waals surface area contributed by atoms with Crippen molar-refractivity contribution in [2.45, 2.75) is 39.7 Å². The summed E-state index contributed by atoms with van der Waals surface area (Å²) in [7, 11) is 1.68. The van der Waals surface area contributed by atoms with E-state index in [1.165, 1.54) is 4.90 Å². The van der Waals surface area contributed by atoms with Crippen molar-refractivity contribution in [2.75, 3.05) is 52.9 Å². The van der Waals surface area contributed by atoms with Gasteiger partial charge in [0.25, 0.3) is 0 Å². The molecule has 1 fully saturated rings. The van der Waals surface area contributed by atoms with Crippen LogP contribution in [0.4, 0.5) is 9.59 Å². The molecule has 0 bridgehead atoms. The first kappa shape index (κ1) is 25.6. The van der Waals surface area contributed by atoms with Gasteiger partial charge >= 0.3 is 18.0 Å². The van der Waals surface area contributed by atoms with Crippen LogP contribution in [-0.2, 0) is 9.53 Å². The summed E-state index contributed by atoms with van der Waals surface area (Å²) in [6.45, 7) is 9.80. The number of hydrogen-bond donors (Lipinski definition) is 2. The van der Waals surface area contributed by atoms with Crippen LogP contribution < -0.4 is 10.6 Å². The molecule has 2 aliphatic heterocycles. The van der Waals surface area contributed by atoms with Crippen LogP contribution >= 0.6 is 0 Å². The molecular weight excluding hydrogens is 434 g/mol. The highest BCUT2D eigenvalue weighted by atomic mass is 16.5. The van der Waals surface area contributed by atoms with E-state index in [2.05, 4.69) is 15.5 Å². The maximum Gasteiger partial charge on any atom is 0.338 e. The van der Waals surface area contributed by atoms with Gasteiger partial charge in [0.1, 0.15) is 0 Å². The monoisotopic (exact) mass is 471 g/mol. The average Bonchev–Trinajstić information content (AvgIpc) is 3.06. The third kappa shape index (κ3) is 5.88. The second kappa shape index (κ2) is 11.9. The maximum atomic E-state index is 13.2. The Morgan fingerprint density at radius 1 is 1.15 bits per heavy atom. The molecule has 2 heterocycles. The molecule has 0 aliphatic carbocycles. The molecule has 34 heavy (non-hydrogen) atoms. The number of amides is 4. The zero-order valence-corrected chi connectivity index (χ0v) is 20.7. The van der Waals surface area contributed by atoms with Crippen molar-refractivity contribution in [3.63, 3.8) is 0 Å². The number of carbonyl (C=O) groups is 3. The van der Waals surface area contributed by atoms with Crippen LogP contribution in [0.5, 0.6) is 0 Å². The van der Waals surface area contributed by atoms with Crippen molar-refractivity contribution in [2.24, 2.45) is 0 Å². The van der Waals surface area contributed by atoms with Gasteiger partial charge in [-0.3, -0.25) is 9.80 Å². The first-order valence-electron chi connectivity index (χ1n) is 12.1. The summed E-state index contributed by atoms with van der Waals surface area (Å²) >= 11 is 0. The molecule has 0 unspecified atom stereocenters. The first-order chi connectivity index (χ1) is 16.4. The average molecular weight is 472 g/mol. The van der Waals surface area contributed by atoms with Crippen LogP contribution in [-0.4, -0.2) is 85.7 Å². The van der Waals surface area contributed by atoms with Crippen molar-refractivity contribution in [1.82, 2.24) is 25.3 Å². The molecule has 3 rings (SSSR count). The molecule has 0 radical (unpaired) electrons. The van der Waals surface area contributed by atoms with Crippen molar-refractivity contribution in [3.8, 4) is 0 Å². The number of rotatable bonds is 7. The topological polar surface area (TPSA) is 94.2 Å². The Morgan fingerprint density at radius 2 is 1.91 bits per heavy atom. The molecule has 1 atom stereocenters. The maximum absolute atomic E-state index is 13.2. The van der Waals surface area contributed by atoms with Crippen molar-refractivity contribution in [3.05, 3.63) is 46.7 Å². The summed E-state index contributed by atoms with van der Waals surface area (Å²) in [5.74, 6) is -0.423. The fourth-order valence-corrected chi connectivity index (χ4v) is 4.43. The van der Waals surface area contributed by atoms with Gasteiger partial charge in [0.05, 0.1) is 18.2 Å². The third-order valence-electron chi connectivity index (χ3n) is 6.35. The number of benzene rings is 1. The van der Waals surface area contributed by atoms with E-state index in [9.17, 15) is 14.4 Å². The van der Waals surface area contributed by atoms with E-state index in [0.717, 1.165) is 30.5 Å². The number of hydrogen-bond acceptors (Lipinski definition) is 5. The Morgan fingerprint density at radius 3 is 2.62 bits per heavy atom. The molecule has 9 nitrogen and oxygen atoms in total. The number of ether oxygens (including phenoxy) is 1. The number of likely N-dealkylation sites (N-methyl/N-ethyl adjacent to an activating group) is 1. The lowest BCUT2D eigenvalue weighted by Gasteiger charge is -2.37. The Labute approximate surface area is 202 Å². The minimum Gasteiger partial charge on any atom is -0.463 e. The highest BCUT2D eigenvalue weighted by molar-refractivity contribution is 5.95. The van der Waals surface area contributed by atoms with Crippen molar-refractivity contribution >= 4 is 18.0 Å². The van der Waals surface area contributed by atoms with E-state index in [4.69, 9.17) is 4.74 Å². The second-order valence-electron chi connectivity index (χ2n) is 8.73. The summed E-state index contributed by atoms with van der Waals surface area (Å²) in [5, 5.41) is 5.92. The Kier molecular flexibility index (Phi) is 8.92. The zero-order chi connectivity index (χ0) is 24.7. The van der Waals surface area contributed by atoms with E-state index < -0.39 is 12.0 Å². The summed E-state index contributed by atoms with van der Waals surface area (Å²) in [4.78, 5) is 44.1. The van der Waals surface area contributed by atoms with Gasteiger partial charge in [-0.15, -0.1) is 0 Å². The van der Waals surface area contributed by atoms with Gasteiger partial charge in [-0.2, -0.15) is 0 Å². The van der Waals surface area contributed by atoms with E-state index in [0.29, 0.717) is 44.0 Å². The molecular formula is C25H37N5O4. The summed E-state index contributed by atoms with van der Waals surface area (Å²) < 4.78 is 5.43. The van der Waals surface area contributed by atoms with Crippen LogP contribution in [0.3, 0.4) is 0 Å². The van der Waals surface area contributed by atoms with Crippen LogP contribution in [0, 0.1) is 6.92 Å². The van der Waals surface area contributed by atoms with Crippen molar-refractivity contribution < 1.29 is 19.1 Å². The fraction of sp³-hybridized carbons (Fsp3) is 0.560. The minimum atomic E-state index is -0.581. The van der Waals surface area contributed by atoms with Crippen LogP contribution in [0.1, 0.15) is 43.9 Å². The summed E-state index contributed by atoms with van der Waals surface area (Å²) in [6.07, 6.45) is 1.71. The van der Waals surface area contributed by atoms with Gasteiger partial charge in [0, 0.05) is 52.0 Å². The number of esters is 1. The van der Waals surface area contributed by atoms with Crippen LogP contribution in [0.2, 0.25) is 0 Å². The molecule has 0 aromatic heterocycles. The summed E-state index contributed by atoms with van der Waals surface area (Å²) in [6, 6.07) is 6.86. The molecule has 0 saturated carbocycles. The standard InChI is InChI=1S/C25H37N5O4/c1-5-12-26-24(32)30-14-9-13-29(15-16-30)17-20-21(23(31)34-6-2)22(27-25(33)28(20)4)19-11-8-7-10-18(19)3/h7-8,10-11,22H,5-6,9,12-17H2,1-4H3,(H,26,32)(H,27,33)/t22-/m1/s1. The SMILES string of the molecule is CCCNC(=O)N1CCCN(CC2=C(C(=O)OCC)[C@@H](c3ccccc3C)NC(=O)N2C)CC1. The largest absolute Gasteiger partial charge is 0.463 e. The Balaban J connectivity index is 1.89. The van der Waals surface area contributed by atoms with Gasteiger partial charge in [-0.25, -0.2) is 14.4 Å². The van der Waals surface area contributed by atoms with Crippen LogP contribution in [0.25, 0.3) is 0 Å². The molecule has 2 aliphatic rings. The molecule has 2 N–H and O–H groups in total. The van der Waals surface area contributed by atoms with E-state index in [-0.39, 0.29) is 18.7 Å². The lowest BCUT2D eigenvalue weighted by molar-refractivity contribution is -0.139. The van der Waals surface area contributed by atoms with Gasteiger partial charge in [0.2, 0.25) is 0 Å². The fourth-order valence-electron chi connectivity index (χ4n) is 4.43. The number of nitrogens with zero attached hydrogens (tertiary/aromatic N) is 3. The molecule has 9 heteroatoms. The number of aryl methyl sites for hydroxylation is 1. The molecule has 1 aromatic rings. The van der Waals surface area contributed by atoms with Gasteiger partial charge < -0.3 is 20.3 Å². The summed E-state index contributed by atoms with van der Waals surface area (Å²) in [5.41, 5.74) is 2.96. The molecule has 1 saturated heterocycles. The third-order valence-corrected chi connectivity index (χ3v) is 6.35. The highest BCUT2D eigenvalue weighted by Crippen LogP contribution is 2.33. The molecule has 4 amide bonds. The smallest absolute Gasteiger partial charge is 0.338 e. The molecule has 186 valence electrons. The van der Waals surface area contributed by atoms with Gasteiger partial charge in [-0.1, -0.05) is 31.2 Å². The lowest BCUT2D eigenvalue weighted by Crippen LogP contribution is -2.49. The quantitative estimate of drug-likeness (QED) is 0.597. The first-order valence-corrected chi connectivity index (χ1v) is 12.1. The van der Waals surface area contributed by atoms with E-state index in [1.54, 1.807) is 14.0 Å². The number of urea groups is 2. The van der Waals surface area contributed by atoms with Crippen molar-refractivity contribution in [1.29, 1.82) is 0 Å². The lowest BCUT2D eigenvalue weighted by atomic mass is 9.91. The zero-order valence-electron chi connectivity index (χ0n) is 20.7. The number of nitrogens with one attached hydrogen (secondary N) is 2. The van der Waals surface area contributed by atoms with Gasteiger partial charge in [-0.05, 0) is 37.8 Å². The number of carbonyl (C=O) groups excluding carboxylic acids is 3. The second-order valence-corrected chi connectivity index (χ2v) is 8.73.